The van der Waals surface area contributed by atoms with Crippen LogP contribution in [-0.2, 0) is 24.2 Å². The first kappa shape index (κ1) is 17.3. The van der Waals surface area contributed by atoms with Crippen LogP contribution in [-0.4, -0.2) is 39.8 Å². The standard InChI is InChI=1S/C19H24N2O4/c1-3-5-9-21-16-7-6-13(18(22)23)11-14(16)15-12-20(10-8-17(15)21)19(24)25-4-2/h6-7,11H,3-5,8-10,12H2,1-2H3,(H,22,23). The lowest BCUT2D eigenvalue weighted by atomic mass is 10.0. The van der Waals surface area contributed by atoms with Gasteiger partial charge >= 0.3 is 12.1 Å². The third-order valence-corrected chi connectivity index (χ3v) is 4.76. The summed E-state index contributed by atoms with van der Waals surface area (Å²) in [7, 11) is 0. The van der Waals surface area contributed by atoms with E-state index in [2.05, 4.69) is 11.5 Å². The largest absolute Gasteiger partial charge is 0.478 e. The zero-order valence-corrected chi connectivity index (χ0v) is 14.7. The average molecular weight is 344 g/mol. The van der Waals surface area contributed by atoms with Crippen molar-refractivity contribution in [1.29, 1.82) is 0 Å². The Hall–Kier alpha value is -2.50. The number of unbranched alkanes of at least 4 members (excludes halogenated alkanes) is 1. The molecule has 2 aromatic rings. The summed E-state index contributed by atoms with van der Waals surface area (Å²) in [6, 6.07) is 5.27. The van der Waals surface area contributed by atoms with Crippen molar-refractivity contribution >= 4 is 23.0 Å². The molecular weight excluding hydrogens is 320 g/mol. The number of carboxylic acids is 1. The van der Waals surface area contributed by atoms with E-state index in [1.807, 2.05) is 6.07 Å². The van der Waals surface area contributed by atoms with Crippen LogP contribution in [0.3, 0.4) is 0 Å². The second-order valence-corrected chi connectivity index (χ2v) is 6.34. The molecule has 1 aromatic carbocycles. The molecule has 134 valence electrons. The number of fused-ring (bicyclic) bond motifs is 3. The fourth-order valence-electron chi connectivity index (χ4n) is 3.53. The summed E-state index contributed by atoms with van der Waals surface area (Å²) >= 11 is 0. The van der Waals surface area contributed by atoms with Gasteiger partial charge in [-0.25, -0.2) is 9.59 Å². The second-order valence-electron chi connectivity index (χ2n) is 6.34. The van der Waals surface area contributed by atoms with Gasteiger partial charge in [0.05, 0.1) is 18.7 Å². The summed E-state index contributed by atoms with van der Waals surface area (Å²) in [5.41, 5.74) is 3.59. The minimum Gasteiger partial charge on any atom is -0.478 e. The molecule has 3 rings (SSSR count). The molecule has 0 unspecified atom stereocenters. The summed E-state index contributed by atoms with van der Waals surface area (Å²) in [6.07, 6.45) is 2.61. The van der Waals surface area contributed by atoms with Crippen LogP contribution in [0.15, 0.2) is 18.2 Å². The molecule has 0 saturated heterocycles. The molecule has 1 aliphatic heterocycles. The van der Waals surface area contributed by atoms with Gasteiger partial charge in [0.25, 0.3) is 0 Å². The second kappa shape index (κ2) is 7.17. The van der Waals surface area contributed by atoms with E-state index >= 15 is 0 Å². The zero-order valence-electron chi connectivity index (χ0n) is 14.7. The molecule has 0 fully saturated rings. The lowest BCUT2D eigenvalue weighted by molar-refractivity contribution is 0.0696. The Labute approximate surface area is 147 Å². The molecule has 0 radical (unpaired) electrons. The molecule has 1 aromatic heterocycles. The van der Waals surface area contributed by atoms with E-state index < -0.39 is 5.97 Å². The quantitative estimate of drug-likeness (QED) is 0.898. The maximum absolute atomic E-state index is 12.1. The fraction of sp³-hybridized carbons (Fsp3) is 0.474. The van der Waals surface area contributed by atoms with E-state index in [0.29, 0.717) is 19.7 Å². The highest BCUT2D eigenvalue weighted by Gasteiger charge is 2.27. The van der Waals surface area contributed by atoms with Gasteiger partial charge in [-0.2, -0.15) is 0 Å². The average Bonchev–Trinajstić information content (AvgIpc) is 2.92. The minimum atomic E-state index is -0.935. The van der Waals surface area contributed by atoms with Crippen LogP contribution in [0.1, 0.15) is 48.3 Å². The van der Waals surface area contributed by atoms with Gasteiger partial charge in [-0.15, -0.1) is 0 Å². The predicted octanol–water partition coefficient (Wildman–Crippen LogP) is 3.65. The van der Waals surface area contributed by atoms with Gasteiger partial charge < -0.3 is 19.3 Å². The predicted molar refractivity (Wildman–Crippen MR) is 94.9 cm³/mol. The molecular formula is C19H24N2O4. The highest BCUT2D eigenvalue weighted by atomic mass is 16.6. The highest BCUT2D eigenvalue weighted by molar-refractivity contribution is 5.95. The Morgan fingerprint density at radius 1 is 1.28 bits per heavy atom. The third-order valence-electron chi connectivity index (χ3n) is 4.76. The van der Waals surface area contributed by atoms with E-state index in [1.165, 1.54) is 5.69 Å². The molecule has 0 saturated carbocycles. The normalized spacial score (nSPS) is 13.8. The number of amides is 1. The molecule has 2 heterocycles. The monoisotopic (exact) mass is 344 g/mol. The topological polar surface area (TPSA) is 71.8 Å². The Kier molecular flexibility index (Phi) is 4.97. The van der Waals surface area contributed by atoms with Crippen LogP contribution < -0.4 is 0 Å². The maximum atomic E-state index is 12.1. The highest BCUT2D eigenvalue weighted by Crippen LogP contribution is 2.32. The number of benzene rings is 1. The van der Waals surface area contributed by atoms with Crippen molar-refractivity contribution in [3.63, 3.8) is 0 Å². The molecule has 1 aliphatic rings. The zero-order chi connectivity index (χ0) is 18.0. The molecule has 0 spiro atoms. The SMILES string of the molecule is CCCCn1c2c(c3cc(C(=O)O)ccc31)CN(C(=O)OCC)CC2. The van der Waals surface area contributed by atoms with Crippen molar-refractivity contribution in [2.24, 2.45) is 0 Å². The van der Waals surface area contributed by atoms with Crippen molar-refractivity contribution in [3.05, 3.63) is 35.0 Å². The number of carboxylic acid groups (broad SMARTS) is 1. The molecule has 0 aliphatic carbocycles. The van der Waals surface area contributed by atoms with Gasteiger partial charge in [0.15, 0.2) is 0 Å². The van der Waals surface area contributed by atoms with Crippen LogP contribution in [0.4, 0.5) is 4.79 Å². The van der Waals surface area contributed by atoms with Crippen LogP contribution in [0.5, 0.6) is 0 Å². The molecule has 1 N–H and O–H groups in total. The first-order valence-corrected chi connectivity index (χ1v) is 8.85. The van der Waals surface area contributed by atoms with Gasteiger partial charge in [-0.3, -0.25) is 0 Å². The molecule has 1 amide bonds. The molecule has 6 nitrogen and oxygen atoms in total. The van der Waals surface area contributed by atoms with Crippen molar-refractivity contribution in [1.82, 2.24) is 9.47 Å². The fourth-order valence-corrected chi connectivity index (χ4v) is 3.53. The summed E-state index contributed by atoms with van der Waals surface area (Å²) < 4.78 is 7.42. The first-order valence-electron chi connectivity index (χ1n) is 8.85. The first-order chi connectivity index (χ1) is 12.1. The van der Waals surface area contributed by atoms with Crippen molar-refractivity contribution in [3.8, 4) is 0 Å². The summed E-state index contributed by atoms with van der Waals surface area (Å²) in [6.45, 7) is 6.30. The smallest absolute Gasteiger partial charge is 0.410 e. The van der Waals surface area contributed by atoms with Crippen molar-refractivity contribution in [2.75, 3.05) is 13.2 Å². The molecule has 25 heavy (non-hydrogen) atoms. The Morgan fingerprint density at radius 3 is 2.76 bits per heavy atom. The number of aromatic nitrogens is 1. The molecule has 6 heteroatoms. The van der Waals surface area contributed by atoms with Gasteiger partial charge in [0.2, 0.25) is 0 Å². The number of rotatable bonds is 5. The van der Waals surface area contributed by atoms with Crippen LogP contribution in [0.2, 0.25) is 0 Å². The maximum Gasteiger partial charge on any atom is 0.410 e. The number of aromatic carboxylic acids is 1. The summed E-state index contributed by atoms with van der Waals surface area (Å²) in [5.74, 6) is -0.935. The number of aryl methyl sites for hydroxylation is 1. The third kappa shape index (κ3) is 3.21. The number of hydrogen-bond acceptors (Lipinski definition) is 3. The summed E-state index contributed by atoms with van der Waals surface area (Å²) in [5, 5.41) is 10.2. The lowest BCUT2D eigenvalue weighted by Crippen LogP contribution is -2.36. The van der Waals surface area contributed by atoms with E-state index in [4.69, 9.17) is 4.74 Å². The Balaban J connectivity index is 2.07. The van der Waals surface area contributed by atoms with E-state index in [9.17, 15) is 14.7 Å². The van der Waals surface area contributed by atoms with Gasteiger partial charge in [0.1, 0.15) is 0 Å². The van der Waals surface area contributed by atoms with Crippen molar-refractivity contribution < 1.29 is 19.4 Å². The van der Waals surface area contributed by atoms with Gasteiger partial charge in [-0.1, -0.05) is 13.3 Å². The molecule has 0 atom stereocenters. The minimum absolute atomic E-state index is 0.274. The summed E-state index contributed by atoms with van der Waals surface area (Å²) in [4.78, 5) is 25.2. The van der Waals surface area contributed by atoms with Crippen LogP contribution in [0, 0.1) is 0 Å². The van der Waals surface area contributed by atoms with E-state index in [0.717, 1.165) is 42.3 Å². The van der Waals surface area contributed by atoms with Gasteiger partial charge in [-0.05, 0) is 31.5 Å². The van der Waals surface area contributed by atoms with Crippen molar-refractivity contribution in [2.45, 2.75) is 46.2 Å². The number of ether oxygens (including phenoxy) is 1. The lowest BCUT2D eigenvalue weighted by Gasteiger charge is -2.27. The van der Waals surface area contributed by atoms with Gasteiger partial charge in [0, 0.05) is 41.7 Å². The number of carbonyl (C=O) groups is 2. The van der Waals surface area contributed by atoms with Crippen LogP contribution in [0.25, 0.3) is 10.9 Å². The number of carbonyl (C=O) groups excluding carboxylic acids is 1. The number of nitrogens with zero attached hydrogens (tertiary/aromatic N) is 2. The Morgan fingerprint density at radius 2 is 2.08 bits per heavy atom. The Bertz CT molecular complexity index is 809. The van der Waals surface area contributed by atoms with E-state index in [-0.39, 0.29) is 11.7 Å². The number of hydrogen-bond donors (Lipinski definition) is 1. The molecule has 0 bridgehead atoms. The van der Waals surface area contributed by atoms with E-state index in [1.54, 1.807) is 24.0 Å². The van der Waals surface area contributed by atoms with Crippen LogP contribution >= 0.6 is 0 Å².